The second-order valence-electron chi connectivity index (χ2n) is 6.85. The Hall–Kier alpha value is -2.53. The maximum Gasteiger partial charge on any atom is 0.236 e. The average molecular weight is 403 g/mol. The van der Waals surface area contributed by atoms with Crippen LogP contribution in [0, 0.1) is 6.92 Å². The highest BCUT2D eigenvalue weighted by Gasteiger charge is 2.08. The Kier molecular flexibility index (Phi) is 8.33. The van der Waals surface area contributed by atoms with Gasteiger partial charge in [0.05, 0.1) is 19.4 Å². The SMILES string of the molecule is CC(=O)NN=Cc1cc(Cl)ccc1OCCCOc1cc(C)ccc1C(C)C. The molecule has 2 rings (SSSR count). The first-order chi connectivity index (χ1) is 13.4. The van der Waals surface area contributed by atoms with Crippen LogP contribution in [0.2, 0.25) is 5.02 Å². The molecule has 0 spiro atoms. The van der Waals surface area contributed by atoms with E-state index < -0.39 is 0 Å². The summed E-state index contributed by atoms with van der Waals surface area (Å²) >= 11 is 6.04. The van der Waals surface area contributed by atoms with Crippen LogP contribution in [0.4, 0.5) is 0 Å². The van der Waals surface area contributed by atoms with Gasteiger partial charge in [0.2, 0.25) is 5.91 Å². The summed E-state index contributed by atoms with van der Waals surface area (Å²) in [6.45, 7) is 8.82. The summed E-state index contributed by atoms with van der Waals surface area (Å²) < 4.78 is 11.8. The van der Waals surface area contributed by atoms with Gasteiger partial charge in [-0.05, 0) is 48.2 Å². The number of carbonyl (C=O) groups excluding carboxylic acids is 1. The Balaban J connectivity index is 1.90. The molecule has 0 saturated carbocycles. The largest absolute Gasteiger partial charge is 0.493 e. The molecule has 0 atom stereocenters. The molecule has 0 aliphatic carbocycles. The third kappa shape index (κ3) is 6.89. The van der Waals surface area contributed by atoms with Crippen molar-refractivity contribution in [2.45, 2.75) is 40.0 Å². The third-order valence-corrected chi connectivity index (χ3v) is 4.23. The van der Waals surface area contributed by atoms with Gasteiger partial charge in [-0.15, -0.1) is 0 Å². The zero-order valence-electron chi connectivity index (χ0n) is 16.8. The second kappa shape index (κ2) is 10.7. The smallest absolute Gasteiger partial charge is 0.236 e. The summed E-state index contributed by atoms with van der Waals surface area (Å²) in [6, 6.07) is 11.6. The van der Waals surface area contributed by atoms with Crippen molar-refractivity contribution in [3.8, 4) is 11.5 Å². The Labute approximate surface area is 171 Å². The van der Waals surface area contributed by atoms with Crippen LogP contribution in [-0.2, 0) is 4.79 Å². The first-order valence-corrected chi connectivity index (χ1v) is 9.70. The molecule has 0 aliphatic heterocycles. The number of benzene rings is 2. The van der Waals surface area contributed by atoms with Crippen molar-refractivity contribution in [3.63, 3.8) is 0 Å². The Morgan fingerprint density at radius 3 is 2.54 bits per heavy atom. The molecule has 2 aromatic rings. The molecule has 6 heteroatoms. The fraction of sp³-hybridized carbons (Fsp3) is 0.364. The number of nitrogens with zero attached hydrogens (tertiary/aromatic N) is 1. The molecular weight excluding hydrogens is 376 g/mol. The number of ether oxygens (including phenoxy) is 2. The standard InChI is InChI=1S/C22H27ClN2O3/c1-15(2)20-8-6-16(3)12-22(20)28-11-5-10-27-21-9-7-19(23)13-18(21)14-24-25-17(4)26/h6-9,12-15H,5,10-11H2,1-4H3,(H,25,26). The van der Waals surface area contributed by atoms with Gasteiger partial charge in [0.25, 0.3) is 0 Å². The molecule has 150 valence electrons. The van der Waals surface area contributed by atoms with E-state index in [1.807, 2.05) is 0 Å². The molecule has 0 unspecified atom stereocenters. The van der Waals surface area contributed by atoms with Gasteiger partial charge in [0.1, 0.15) is 11.5 Å². The summed E-state index contributed by atoms with van der Waals surface area (Å²) in [5, 5.41) is 4.44. The van der Waals surface area contributed by atoms with Gasteiger partial charge in [0.15, 0.2) is 0 Å². The fourth-order valence-electron chi connectivity index (χ4n) is 2.61. The molecule has 0 bridgehead atoms. The predicted molar refractivity (Wildman–Crippen MR) is 114 cm³/mol. The first kappa shape index (κ1) is 21.8. The van der Waals surface area contributed by atoms with Crippen LogP contribution in [0.1, 0.15) is 49.8 Å². The summed E-state index contributed by atoms with van der Waals surface area (Å²) in [7, 11) is 0. The van der Waals surface area contributed by atoms with E-state index in [1.54, 1.807) is 18.2 Å². The van der Waals surface area contributed by atoms with E-state index in [-0.39, 0.29) is 5.91 Å². The van der Waals surface area contributed by atoms with Crippen molar-refractivity contribution < 1.29 is 14.3 Å². The molecular formula is C22H27ClN2O3. The number of hydrogen-bond acceptors (Lipinski definition) is 4. The quantitative estimate of drug-likeness (QED) is 0.361. The lowest BCUT2D eigenvalue weighted by molar-refractivity contribution is -0.118. The maximum atomic E-state index is 10.9. The van der Waals surface area contributed by atoms with Crippen molar-refractivity contribution in [2.24, 2.45) is 5.10 Å². The lowest BCUT2D eigenvalue weighted by Gasteiger charge is -2.15. The van der Waals surface area contributed by atoms with Gasteiger partial charge < -0.3 is 9.47 Å². The average Bonchev–Trinajstić information content (AvgIpc) is 2.62. The summed E-state index contributed by atoms with van der Waals surface area (Å²) in [5.41, 5.74) is 5.45. The number of rotatable bonds is 9. The van der Waals surface area contributed by atoms with Crippen molar-refractivity contribution in [1.82, 2.24) is 5.43 Å². The Morgan fingerprint density at radius 2 is 1.86 bits per heavy atom. The molecule has 0 radical (unpaired) electrons. The number of amides is 1. The van der Waals surface area contributed by atoms with Gasteiger partial charge in [-0.25, -0.2) is 5.43 Å². The number of carbonyl (C=O) groups is 1. The van der Waals surface area contributed by atoms with Crippen molar-refractivity contribution >= 4 is 23.7 Å². The van der Waals surface area contributed by atoms with Crippen LogP contribution in [0.15, 0.2) is 41.5 Å². The van der Waals surface area contributed by atoms with Crippen molar-refractivity contribution in [3.05, 3.63) is 58.1 Å². The van der Waals surface area contributed by atoms with E-state index >= 15 is 0 Å². The van der Waals surface area contributed by atoms with Crippen molar-refractivity contribution in [2.75, 3.05) is 13.2 Å². The van der Waals surface area contributed by atoms with Gasteiger partial charge >= 0.3 is 0 Å². The zero-order valence-corrected chi connectivity index (χ0v) is 17.5. The maximum absolute atomic E-state index is 10.9. The minimum atomic E-state index is -0.241. The number of nitrogens with one attached hydrogen (secondary N) is 1. The Bertz CT molecular complexity index is 835. The summed E-state index contributed by atoms with van der Waals surface area (Å²) in [6.07, 6.45) is 2.25. The number of hydrogen-bond donors (Lipinski definition) is 1. The van der Waals surface area contributed by atoms with E-state index in [0.29, 0.717) is 35.5 Å². The molecule has 0 aliphatic rings. The van der Waals surface area contributed by atoms with Gasteiger partial charge in [-0.3, -0.25) is 4.79 Å². The lowest BCUT2D eigenvalue weighted by Crippen LogP contribution is -2.12. The van der Waals surface area contributed by atoms with Crippen LogP contribution in [-0.4, -0.2) is 25.3 Å². The third-order valence-electron chi connectivity index (χ3n) is 3.99. The van der Waals surface area contributed by atoms with Crippen molar-refractivity contribution in [1.29, 1.82) is 0 Å². The predicted octanol–water partition coefficient (Wildman–Crippen LogP) is 5.09. The van der Waals surface area contributed by atoms with Gasteiger partial charge in [0, 0.05) is 23.9 Å². The van der Waals surface area contributed by atoms with Crippen LogP contribution in [0.3, 0.4) is 0 Å². The number of aryl methyl sites for hydroxylation is 1. The Morgan fingerprint density at radius 1 is 1.14 bits per heavy atom. The molecule has 1 N–H and O–H groups in total. The lowest BCUT2D eigenvalue weighted by atomic mass is 10.0. The normalized spacial score (nSPS) is 11.1. The molecule has 0 fully saturated rings. The monoisotopic (exact) mass is 402 g/mol. The van der Waals surface area contributed by atoms with E-state index in [4.69, 9.17) is 21.1 Å². The number of halogens is 1. The van der Waals surface area contributed by atoms with Gasteiger partial charge in [-0.2, -0.15) is 5.10 Å². The highest BCUT2D eigenvalue weighted by Crippen LogP contribution is 2.27. The highest BCUT2D eigenvalue weighted by molar-refractivity contribution is 6.30. The molecule has 28 heavy (non-hydrogen) atoms. The molecule has 1 amide bonds. The summed E-state index contributed by atoms with van der Waals surface area (Å²) in [4.78, 5) is 10.9. The fourth-order valence-corrected chi connectivity index (χ4v) is 2.79. The molecule has 0 aromatic heterocycles. The molecule has 5 nitrogen and oxygen atoms in total. The molecule has 0 saturated heterocycles. The van der Waals surface area contributed by atoms with E-state index in [9.17, 15) is 4.79 Å². The van der Waals surface area contributed by atoms with E-state index in [0.717, 1.165) is 12.2 Å². The minimum Gasteiger partial charge on any atom is -0.493 e. The van der Waals surface area contributed by atoms with Crippen LogP contribution in [0.5, 0.6) is 11.5 Å². The molecule has 2 aromatic carbocycles. The topological polar surface area (TPSA) is 59.9 Å². The number of hydrazone groups is 1. The molecule has 0 heterocycles. The van der Waals surface area contributed by atoms with Crippen LogP contribution < -0.4 is 14.9 Å². The first-order valence-electron chi connectivity index (χ1n) is 9.32. The summed E-state index contributed by atoms with van der Waals surface area (Å²) in [5.74, 6) is 1.75. The highest BCUT2D eigenvalue weighted by atomic mass is 35.5. The van der Waals surface area contributed by atoms with E-state index in [2.05, 4.69) is 49.5 Å². The van der Waals surface area contributed by atoms with Crippen LogP contribution >= 0.6 is 11.6 Å². The van der Waals surface area contributed by atoms with Gasteiger partial charge in [-0.1, -0.05) is 37.6 Å². The zero-order chi connectivity index (χ0) is 20.5. The minimum absolute atomic E-state index is 0.241. The van der Waals surface area contributed by atoms with Crippen LogP contribution in [0.25, 0.3) is 0 Å². The van der Waals surface area contributed by atoms with E-state index in [1.165, 1.54) is 24.3 Å². The second-order valence-corrected chi connectivity index (χ2v) is 7.29.